The van der Waals surface area contributed by atoms with Crippen LogP contribution in [0.5, 0.6) is 5.75 Å². The summed E-state index contributed by atoms with van der Waals surface area (Å²) in [6, 6.07) is 17.1. The number of hydrogen-bond donors (Lipinski definition) is 3. The minimum Gasteiger partial charge on any atom is -0.507 e. The second kappa shape index (κ2) is 8.18. The second-order valence-electron chi connectivity index (χ2n) is 5.83. The maximum absolute atomic E-state index is 12.0. The van der Waals surface area contributed by atoms with E-state index in [1.54, 1.807) is 6.07 Å². The fourth-order valence-corrected chi connectivity index (χ4v) is 2.90. The van der Waals surface area contributed by atoms with Gasteiger partial charge in [-0.25, -0.2) is 5.43 Å². The predicted molar refractivity (Wildman–Crippen MR) is 114 cm³/mol. The summed E-state index contributed by atoms with van der Waals surface area (Å²) in [7, 11) is 0. The van der Waals surface area contributed by atoms with Crippen molar-refractivity contribution in [2.24, 2.45) is 5.10 Å². The van der Waals surface area contributed by atoms with Gasteiger partial charge in [0, 0.05) is 14.8 Å². The van der Waals surface area contributed by atoms with Crippen molar-refractivity contribution >= 4 is 51.2 Å². The third kappa shape index (κ3) is 4.32. The van der Waals surface area contributed by atoms with Crippen LogP contribution in [0, 0.1) is 10.5 Å². The molecule has 0 saturated carbocycles. The van der Waals surface area contributed by atoms with Gasteiger partial charge in [0.2, 0.25) is 0 Å². The molecule has 0 aromatic heterocycles. The smallest absolute Gasteiger partial charge is 0.259 e. The summed E-state index contributed by atoms with van der Waals surface area (Å²) in [6.07, 6.45) is 1.46. The normalized spacial score (nSPS) is 11.0. The van der Waals surface area contributed by atoms with Gasteiger partial charge in [-0.2, -0.15) is 5.10 Å². The zero-order valence-corrected chi connectivity index (χ0v) is 16.3. The van der Waals surface area contributed by atoms with E-state index in [1.807, 2.05) is 55.5 Å². The van der Waals surface area contributed by atoms with E-state index in [0.29, 0.717) is 5.56 Å². The van der Waals surface area contributed by atoms with Crippen LogP contribution in [0.4, 0.5) is 5.69 Å². The number of phenolic OH excluding ortho intramolecular Hbond substituents is 1. The molecule has 6 heteroatoms. The van der Waals surface area contributed by atoms with Crippen molar-refractivity contribution in [2.75, 3.05) is 11.9 Å². The molecule has 0 unspecified atom stereocenters. The van der Waals surface area contributed by atoms with Gasteiger partial charge in [0.25, 0.3) is 5.91 Å². The van der Waals surface area contributed by atoms with Gasteiger partial charge in [-0.05, 0) is 70.1 Å². The molecule has 0 aliphatic rings. The summed E-state index contributed by atoms with van der Waals surface area (Å²) >= 11 is 2.27. The second-order valence-corrected chi connectivity index (χ2v) is 6.99. The average Bonchev–Trinajstić information content (AvgIpc) is 2.64. The average molecular weight is 459 g/mol. The largest absolute Gasteiger partial charge is 0.507 e. The Hall–Kier alpha value is -2.61. The number of nitrogens with one attached hydrogen (secondary N) is 2. The zero-order chi connectivity index (χ0) is 18.5. The molecule has 26 heavy (non-hydrogen) atoms. The molecule has 0 saturated heterocycles. The first-order valence-electron chi connectivity index (χ1n) is 8.07. The lowest BCUT2D eigenvalue weighted by molar-refractivity contribution is -0.119. The van der Waals surface area contributed by atoms with E-state index >= 15 is 0 Å². The first-order chi connectivity index (χ1) is 12.5. The van der Waals surface area contributed by atoms with E-state index in [4.69, 9.17) is 0 Å². The monoisotopic (exact) mass is 459 g/mol. The molecular formula is C20H18IN3O2. The molecule has 3 N–H and O–H groups in total. The minimum absolute atomic E-state index is 0.110. The van der Waals surface area contributed by atoms with Crippen LogP contribution in [-0.2, 0) is 4.79 Å². The number of benzene rings is 3. The third-order valence-corrected chi connectivity index (χ3v) is 5.15. The van der Waals surface area contributed by atoms with Crippen molar-refractivity contribution in [1.82, 2.24) is 5.43 Å². The molecule has 0 radical (unpaired) electrons. The van der Waals surface area contributed by atoms with Crippen molar-refractivity contribution in [3.8, 4) is 5.75 Å². The Balaban J connectivity index is 1.62. The Morgan fingerprint density at radius 3 is 2.81 bits per heavy atom. The molecule has 1 amide bonds. The molecule has 3 aromatic rings. The van der Waals surface area contributed by atoms with Gasteiger partial charge in [0.1, 0.15) is 5.75 Å². The Kier molecular flexibility index (Phi) is 5.72. The van der Waals surface area contributed by atoms with Crippen LogP contribution < -0.4 is 10.7 Å². The molecule has 0 spiro atoms. The number of halogens is 1. The molecule has 0 aliphatic carbocycles. The SMILES string of the molecule is Cc1cc(NCC(=O)N/N=C/c2c(O)ccc3ccccc23)ccc1I. The third-order valence-electron chi connectivity index (χ3n) is 3.94. The summed E-state index contributed by atoms with van der Waals surface area (Å²) in [6.45, 7) is 2.13. The topological polar surface area (TPSA) is 73.7 Å². The lowest BCUT2D eigenvalue weighted by Crippen LogP contribution is -2.25. The first kappa shape index (κ1) is 18.2. The van der Waals surface area contributed by atoms with Gasteiger partial charge in [-0.3, -0.25) is 4.79 Å². The number of aryl methyl sites for hydroxylation is 1. The fraction of sp³-hybridized carbons (Fsp3) is 0.100. The van der Waals surface area contributed by atoms with Crippen molar-refractivity contribution in [3.05, 3.63) is 69.3 Å². The van der Waals surface area contributed by atoms with E-state index in [1.165, 1.54) is 9.78 Å². The highest BCUT2D eigenvalue weighted by Gasteiger charge is 2.05. The van der Waals surface area contributed by atoms with E-state index in [-0.39, 0.29) is 18.2 Å². The quantitative estimate of drug-likeness (QED) is 0.307. The van der Waals surface area contributed by atoms with E-state index < -0.39 is 0 Å². The van der Waals surface area contributed by atoms with E-state index in [0.717, 1.165) is 22.0 Å². The zero-order valence-electron chi connectivity index (χ0n) is 14.2. The summed E-state index contributed by atoms with van der Waals surface area (Å²) in [4.78, 5) is 12.0. The van der Waals surface area contributed by atoms with Gasteiger partial charge >= 0.3 is 0 Å². The lowest BCUT2D eigenvalue weighted by atomic mass is 10.0. The van der Waals surface area contributed by atoms with Crippen LogP contribution >= 0.6 is 22.6 Å². The van der Waals surface area contributed by atoms with Gasteiger partial charge < -0.3 is 10.4 Å². The Morgan fingerprint density at radius 2 is 2.00 bits per heavy atom. The number of carbonyl (C=O) groups excluding carboxylic acids is 1. The number of phenols is 1. The molecule has 0 bridgehead atoms. The molecule has 0 heterocycles. The maximum atomic E-state index is 12.0. The van der Waals surface area contributed by atoms with E-state index in [2.05, 4.69) is 38.4 Å². The van der Waals surface area contributed by atoms with Crippen LogP contribution in [0.3, 0.4) is 0 Å². The molecule has 0 aliphatic heterocycles. The van der Waals surface area contributed by atoms with Crippen LogP contribution in [0.15, 0.2) is 59.7 Å². The molecule has 0 fully saturated rings. The molecule has 5 nitrogen and oxygen atoms in total. The number of aromatic hydroxyl groups is 1. The molecule has 132 valence electrons. The number of nitrogens with zero attached hydrogens (tertiary/aromatic N) is 1. The summed E-state index contributed by atoms with van der Waals surface area (Å²) in [5, 5.41) is 19.0. The summed E-state index contributed by atoms with van der Waals surface area (Å²) in [5.74, 6) is -0.147. The van der Waals surface area contributed by atoms with Crippen molar-refractivity contribution in [1.29, 1.82) is 0 Å². The Labute approximate surface area is 165 Å². The number of hydrazone groups is 1. The lowest BCUT2D eigenvalue weighted by Gasteiger charge is -2.07. The minimum atomic E-state index is -0.267. The van der Waals surface area contributed by atoms with Gasteiger partial charge in [0.15, 0.2) is 0 Å². The van der Waals surface area contributed by atoms with Gasteiger partial charge in [-0.1, -0.05) is 30.3 Å². The van der Waals surface area contributed by atoms with Crippen LogP contribution in [0.1, 0.15) is 11.1 Å². The Morgan fingerprint density at radius 1 is 1.19 bits per heavy atom. The number of hydrogen-bond acceptors (Lipinski definition) is 4. The highest BCUT2D eigenvalue weighted by Crippen LogP contribution is 2.25. The van der Waals surface area contributed by atoms with Crippen molar-refractivity contribution < 1.29 is 9.90 Å². The number of amides is 1. The number of fused-ring (bicyclic) bond motifs is 1. The highest BCUT2D eigenvalue weighted by molar-refractivity contribution is 14.1. The van der Waals surface area contributed by atoms with Crippen LogP contribution in [-0.4, -0.2) is 23.8 Å². The van der Waals surface area contributed by atoms with Crippen molar-refractivity contribution in [2.45, 2.75) is 6.92 Å². The maximum Gasteiger partial charge on any atom is 0.259 e. The number of carbonyl (C=O) groups is 1. The first-order valence-corrected chi connectivity index (χ1v) is 9.15. The predicted octanol–water partition coefficient (Wildman–Crippen LogP) is 4.02. The number of rotatable bonds is 5. The molecule has 3 rings (SSSR count). The fourth-order valence-electron chi connectivity index (χ4n) is 2.57. The molecule has 0 atom stereocenters. The van der Waals surface area contributed by atoms with Gasteiger partial charge in [-0.15, -0.1) is 0 Å². The van der Waals surface area contributed by atoms with Crippen LogP contribution in [0.25, 0.3) is 10.8 Å². The number of anilines is 1. The van der Waals surface area contributed by atoms with Gasteiger partial charge in [0.05, 0.1) is 12.8 Å². The van der Waals surface area contributed by atoms with Crippen LogP contribution in [0.2, 0.25) is 0 Å². The summed E-state index contributed by atoms with van der Waals surface area (Å²) < 4.78 is 1.18. The summed E-state index contributed by atoms with van der Waals surface area (Å²) in [5.41, 5.74) is 5.08. The molecular weight excluding hydrogens is 441 g/mol. The van der Waals surface area contributed by atoms with Crippen molar-refractivity contribution in [3.63, 3.8) is 0 Å². The molecule has 3 aromatic carbocycles. The highest BCUT2D eigenvalue weighted by atomic mass is 127. The Bertz CT molecular complexity index is 986. The van der Waals surface area contributed by atoms with E-state index in [9.17, 15) is 9.90 Å². The standard InChI is InChI=1S/C20H18IN3O2/c1-13-10-15(7-8-18(13)21)22-12-20(26)24-23-11-17-16-5-3-2-4-14(16)6-9-19(17)25/h2-11,22,25H,12H2,1H3,(H,24,26)/b23-11+.